The van der Waals surface area contributed by atoms with Crippen LogP contribution < -0.4 is 4.90 Å². The molecule has 0 unspecified atom stereocenters. The summed E-state index contributed by atoms with van der Waals surface area (Å²) in [6.45, 7) is 0. The number of hydrogen-bond donors (Lipinski definition) is 0. The molecular formula is C64H42N2. The molecule has 308 valence electrons. The van der Waals surface area contributed by atoms with Gasteiger partial charge in [-0.25, -0.2) is 0 Å². The van der Waals surface area contributed by atoms with Gasteiger partial charge in [0.1, 0.15) is 0 Å². The van der Waals surface area contributed by atoms with E-state index in [1.54, 1.807) is 0 Å². The van der Waals surface area contributed by atoms with E-state index in [0.717, 1.165) is 28.3 Å². The van der Waals surface area contributed by atoms with Crippen LogP contribution in [-0.2, 0) is 0 Å². The zero-order chi connectivity index (χ0) is 43.6. The fourth-order valence-electron chi connectivity index (χ4n) is 10.5. The predicted molar refractivity (Wildman–Crippen MR) is 282 cm³/mol. The largest absolute Gasteiger partial charge is 0.310 e. The lowest BCUT2D eigenvalue weighted by Gasteiger charge is -2.27. The van der Waals surface area contributed by atoms with Crippen LogP contribution in [0.4, 0.5) is 17.1 Å². The lowest BCUT2D eigenvalue weighted by molar-refractivity contribution is 1.19. The monoisotopic (exact) mass is 838 g/mol. The lowest BCUT2D eigenvalue weighted by atomic mass is 9.93. The number of nitrogens with zero attached hydrogens (tertiary/aromatic N) is 2. The number of aromatic nitrogens is 1. The first-order valence-electron chi connectivity index (χ1n) is 22.8. The maximum absolute atomic E-state index is 2.45. The van der Waals surface area contributed by atoms with Gasteiger partial charge in [-0.15, -0.1) is 0 Å². The summed E-state index contributed by atoms with van der Waals surface area (Å²) in [5, 5.41) is 12.5. The summed E-state index contributed by atoms with van der Waals surface area (Å²) in [5.74, 6) is 0. The number of anilines is 3. The van der Waals surface area contributed by atoms with Gasteiger partial charge in [0.05, 0.1) is 11.0 Å². The van der Waals surface area contributed by atoms with Crippen LogP contribution in [0.2, 0.25) is 0 Å². The molecule has 0 aliphatic rings. The molecule has 0 fully saturated rings. The van der Waals surface area contributed by atoms with Crippen molar-refractivity contribution in [2.45, 2.75) is 0 Å². The Morgan fingerprint density at radius 3 is 1.55 bits per heavy atom. The second-order valence-electron chi connectivity index (χ2n) is 17.3. The van der Waals surface area contributed by atoms with Gasteiger partial charge in [-0.3, -0.25) is 0 Å². The van der Waals surface area contributed by atoms with Crippen molar-refractivity contribution in [3.63, 3.8) is 0 Å². The molecule has 13 rings (SSSR count). The zero-order valence-corrected chi connectivity index (χ0v) is 36.1. The number of rotatable bonds is 7. The van der Waals surface area contributed by atoms with Crippen LogP contribution in [-0.4, -0.2) is 4.57 Å². The molecule has 12 aromatic carbocycles. The van der Waals surface area contributed by atoms with Crippen LogP contribution in [0.5, 0.6) is 0 Å². The minimum absolute atomic E-state index is 1.09. The SMILES string of the molecule is c1ccc(-n2c3ccccc3c3c(-c4cccc(N(c5ccc(-c6cccc7ccccc67)cc5)c5ccc(-c6cc7ccccc7c7ccccc67)cc5)c4)cc4ccccc4c32)cc1. The minimum Gasteiger partial charge on any atom is -0.310 e. The van der Waals surface area contributed by atoms with Crippen molar-refractivity contribution in [1.82, 2.24) is 4.57 Å². The smallest absolute Gasteiger partial charge is 0.0625 e. The molecule has 1 heterocycles. The molecular weight excluding hydrogens is 797 g/mol. The quantitative estimate of drug-likeness (QED) is 0.145. The summed E-state index contributed by atoms with van der Waals surface area (Å²) in [6, 6.07) is 93.3. The highest BCUT2D eigenvalue weighted by Gasteiger charge is 2.21. The van der Waals surface area contributed by atoms with Gasteiger partial charge in [-0.1, -0.05) is 188 Å². The van der Waals surface area contributed by atoms with Gasteiger partial charge in [0.2, 0.25) is 0 Å². The standard InChI is InChI=1S/C64H42N2/c1-2-21-49(22-3-1)66-62-31-13-12-29-59(62)63-61(42-48-18-6-9-26-56(48)64(63)66)46-20-14-23-52(40-46)65(50-36-32-44(33-37-50)54-30-15-19-43-16-4-7-24-53(43)54)51-38-34-45(35-39-51)60-41-47-17-5-8-25-55(47)57-27-10-11-28-58(57)60/h1-42H. The molecule has 0 amide bonds. The van der Waals surface area contributed by atoms with Crippen molar-refractivity contribution in [2.75, 3.05) is 4.90 Å². The first-order valence-corrected chi connectivity index (χ1v) is 22.8. The maximum Gasteiger partial charge on any atom is 0.0625 e. The van der Waals surface area contributed by atoms with Crippen LogP contribution in [0, 0.1) is 0 Å². The number of para-hydroxylation sites is 2. The average Bonchev–Trinajstić information content (AvgIpc) is 3.75. The maximum atomic E-state index is 2.45. The third kappa shape index (κ3) is 6.18. The third-order valence-corrected chi connectivity index (χ3v) is 13.5. The van der Waals surface area contributed by atoms with Gasteiger partial charge in [0, 0.05) is 38.9 Å². The van der Waals surface area contributed by atoms with E-state index in [4.69, 9.17) is 0 Å². The normalized spacial score (nSPS) is 11.6. The van der Waals surface area contributed by atoms with Crippen molar-refractivity contribution >= 4 is 82.0 Å². The average molecular weight is 839 g/mol. The van der Waals surface area contributed by atoms with E-state index in [-0.39, 0.29) is 0 Å². The van der Waals surface area contributed by atoms with E-state index in [0.29, 0.717) is 0 Å². The fraction of sp³-hybridized carbons (Fsp3) is 0. The molecule has 2 nitrogen and oxygen atoms in total. The van der Waals surface area contributed by atoms with Crippen molar-refractivity contribution in [1.29, 1.82) is 0 Å². The Hall–Kier alpha value is -8.72. The van der Waals surface area contributed by atoms with Crippen LogP contribution >= 0.6 is 0 Å². The Balaban J connectivity index is 0.998. The van der Waals surface area contributed by atoms with E-state index in [9.17, 15) is 0 Å². The molecule has 1 aromatic heterocycles. The first kappa shape index (κ1) is 37.8. The summed E-state index contributed by atoms with van der Waals surface area (Å²) in [5.41, 5.74) is 14.0. The molecule has 0 spiro atoms. The molecule has 0 aliphatic heterocycles. The highest BCUT2D eigenvalue weighted by atomic mass is 15.1. The summed E-state index contributed by atoms with van der Waals surface area (Å²) in [6.07, 6.45) is 0. The van der Waals surface area contributed by atoms with Crippen LogP contribution in [0.15, 0.2) is 255 Å². The Bertz CT molecular complexity index is 3970. The summed E-state index contributed by atoms with van der Waals surface area (Å²) in [4.78, 5) is 2.41. The molecule has 0 saturated carbocycles. The zero-order valence-electron chi connectivity index (χ0n) is 36.1. The molecule has 2 heteroatoms. The van der Waals surface area contributed by atoms with Gasteiger partial charge in [0.25, 0.3) is 0 Å². The minimum atomic E-state index is 1.09. The predicted octanol–water partition coefficient (Wildman–Crippen LogP) is 17.9. The van der Waals surface area contributed by atoms with E-state index in [1.165, 1.54) is 92.7 Å². The van der Waals surface area contributed by atoms with E-state index in [2.05, 4.69) is 264 Å². The molecule has 0 radical (unpaired) electrons. The van der Waals surface area contributed by atoms with E-state index < -0.39 is 0 Å². The summed E-state index contributed by atoms with van der Waals surface area (Å²) >= 11 is 0. The second kappa shape index (κ2) is 15.5. The van der Waals surface area contributed by atoms with Crippen LogP contribution in [0.25, 0.3) is 104 Å². The van der Waals surface area contributed by atoms with E-state index >= 15 is 0 Å². The van der Waals surface area contributed by atoms with Crippen molar-refractivity contribution in [3.8, 4) is 39.1 Å². The molecule has 0 saturated heterocycles. The van der Waals surface area contributed by atoms with Gasteiger partial charge in [-0.2, -0.15) is 0 Å². The van der Waals surface area contributed by atoms with Crippen molar-refractivity contribution in [2.24, 2.45) is 0 Å². The Kier molecular flexibility index (Phi) is 8.89. The van der Waals surface area contributed by atoms with Crippen LogP contribution in [0.1, 0.15) is 0 Å². The van der Waals surface area contributed by atoms with Gasteiger partial charge in [-0.05, 0) is 138 Å². The van der Waals surface area contributed by atoms with Gasteiger partial charge in [0.15, 0.2) is 0 Å². The Morgan fingerprint density at radius 1 is 0.273 bits per heavy atom. The van der Waals surface area contributed by atoms with Crippen molar-refractivity contribution in [3.05, 3.63) is 255 Å². The first-order chi connectivity index (χ1) is 32.7. The van der Waals surface area contributed by atoms with E-state index in [1.807, 2.05) is 0 Å². The third-order valence-electron chi connectivity index (χ3n) is 13.5. The molecule has 0 atom stereocenters. The van der Waals surface area contributed by atoms with Gasteiger partial charge < -0.3 is 9.47 Å². The van der Waals surface area contributed by atoms with Crippen LogP contribution in [0.3, 0.4) is 0 Å². The molecule has 13 aromatic rings. The topological polar surface area (TPSA) is 8.17 Å². The number of hydrogen-bond acceptors (Lipinski definition) is 1. The highest BCUT2D eigenvalue weighted by molar-refractivity contribution is 6.24. The molecule has 0 bridgehead atoms. The van der Waals surface area contributed by atoms with Crippen molar-refractivity contribution < 1.29 is 0 Å². The molecule has 66 heavy (non-hydrogen) atoms. The van der Waals surface area contributed by atoms with Gasteiger partial charge >= 0.3 is 0 Å². The Labute approximate surface area is 383 Å². The highest BCUT2D eigenvalue weighted by Crippen LogP contribution is 2.45. The molecule has 0 N–H and O–H groups in total. The summed E-state index contributed by atoms with van der Waals surface area (Å²) in [7, 11) is 0. The Morgan fingerprint density at radius 2 is 0.803 bits per heavy atom. The number of benzene rings is 12. The summed E-state index contributed by atoms with van der Waals surface area (Å²) < 4.78 is 2.45. The lowest BCUT2D eigenvalue weighted by Crippen LogP contribution is -2.10. The number of fused-ring (bicyclic) bond motifs is 9. The second-order valence-corrected chi connectivity index (χ2v) is 17.3. The molecule has 0 aliphatic carbocycles. The fourth-order valence-corrected chi connectivity index (χ4v) is 10.5.